The molecule has 0 aliphatic carbocycles. The first-order valence-electron chi connectivity index (χ1n) is 8.09. The number of aryl methyl sites for hydroxylation is 1. The molecule has 2 heterocycles. The quantitative estimate of drug-likeness (QED) is 0.826. The number of carbonyl (C=O) groups is 1. The van der Waals surface area contributed by atoms with Crippen molar-refractivity contribution in [2.75, 3.05) is 13.1 Å². The van der Waals surface area contributed by atoms with E-state index in [2.05, 4.69) is 5.32 Å². The molecule has 1 fully saturated rings. The number of sulfonamides is 1. The minimum absolute atomic E-state index is 0.0727. The summed E-state index contributed by atoms with van der Waals surface area (Å²) in [6.07, 6.45) is 1.03. The third kappa shape index (κ3) is 4.23. The highest BCUT2D eigenvalue weighted by atomic mass is 35.5. The van der Waals surface area contributed by atoms with E-state index in [-0.39, 0.29) is 32.7 Å². The molecule has 2 aromatic rings. The molecule has 1 aromatic carbocycles. The molecule has 1 saturated heterocycles. The Morgan fingerprint density at radius 1 is 1.15 bits per heavy atom. The van der Waals surface area contributed by atoms with Crippen LogP contribution in [0.2, 0.25) is 10.0 Å². The van der Waals surface area contributed by atoms with Gasteiger partial charge < -0.3 is 9.73 Å². The van der Waals surface area contributed by atoms with Gasteiger partial charge in [-0.25, -0.2) is 8.42 Å². The molecule has 0 atom stereocenters. The van der Waals surface area contributed by atoms with E-state index in [1.807, 2.05) is 0 Å². The molecule has 0 saturated carbocycles. The molecule has 3 rings (SSSR count). The highest BCUT2D eigenvalue weighted by molar-refractivity contribution is 7.89. The van der Waals surface area contributed by atoms with Crippen LogP contribution in [0.5, 0.6) is 0 Å². The highest BCUT2D eigenvalue weighted by Crippen LogP contribution is 2.26. The zero-order valence-corrected chi connectivity index (χ0v) is 16.4. The van der Waals surface area contributed by atoms with E-state index >= 15 is 0 Å². The van der Waals surface area contributed by atoms with Crippen LogP contribution in [0.4, 0.5) is 0 Å². The predicted molar refractivity (Wildman–Crippen MR) is 99.2 cm³/mol. The first-order valence-corrected chi connectivity index (χ1v) is 10.3. The van der Waals surface area contributed by atoms with Gasteiger partial charge >= 0.3 is 0 Å². The van der Waals surface area contributed by atoms with Gasteiger partial charge in [0.05, 0.1) is 4.90 Å². The predicted octanol–water partition coefficient (Wildman–Crippen LogP) is 3.48. The molecule has 0 unspecified atom stereocenters. The van der Waals surface area contributed by atoms with E-state index in [1.165, 1.54) is 22.5 Å². The first kappa shape index (κ1) is 19.2. The van der Waals surface area contributed by atoms with Crippen molar-refractivity contribution in [2.45, 2.75) is 30.7 Å². The minimum atomic E-state index is -3.67. The number of nitrogens with zero attached hydrogens (tertiary/aromatic N) is 1. The Labute approximate surface area is 162 Å². The van der Waals surface area contributed by atoms with Crippen molar-refractivity contribution in [3.63, 3.8) is 0 Å². The lowest BCUT2D eigenvalue weighted by Crippen LogP contribution is -2.46. The molecule has 6 nitrogen and oxygen atoms in total. The maximum absolute atomic E-state index is 12.8. The molecule has 1 aromatic heterocycles. The van der Waals surface area contributed by atoms with Gasteiger partial charge in [0.25, 0.3) is 5.91 Å². The third-order valence-corrected chi connectivity index (χ3v) is 6.54. The largest absolute Gasteiger partial charge is 0.456 e. The topological polar surface area (TPSA) is 79.6 Å². The average molecular weight is 417 g/mol. The van der Waals surface area contributed by atoms with E-state index in [0.717, 1.165) is 0 Å². The summed E-state index contributed by atoms with van der Waals surface area (Å²) in [6, 6.07) is 7.49. The number of carbonyl (C=O) groups excluding carboxylic acids is 1. The average Bonchev–Trinajstić information content (AvgIpc) is 3.01. The SMILES string of the molecule is Cc1ccc(C(=O)NC2CCN(S(=O)(=O)c3cc(Cl)cc(Cl)c3)CC2)o1. The fourth-order valence-electron chi connectivity index (χ4n) is 2.88. The van der Waals surface area contributed by atoms with Crippen LogP contribution in [0.3, 0.4) is 0 Å². The van der Waals surface area contributed by atoms with Crippen molar-refractivity contribution >= 4 is 39.1 Å². The first-order chi connectivity index (χ1) is 12.3. The molecule has 0 radical (unpaired) electrons. The number of hydrogen-bond acceptors (Lipinski definition) is 4. The smallest absolute Gasteiger partial charge is 0.287 e. The maximum atomic E-state index is 12.8. The van der Waals surface area contributed by atoms with Gasteiger partial charge in [0.15, 0.2) is 5.76 Å². The van der Waals surface area contributed by atoms with Crippen molar-refractivity contribution in [1.29, 1.82) is 0 Å². The minimum Gasteiger partial charge on any atom is -0.456 e. The lowest BCUT2D eigenvalue weighted by Gasteiger charge is -2.31. The van der Waals surface area contributed by atoms with Gasteiger partial charge in [-0.05, 0) is 50.1 Å². The Bertz CT molecular complexity index is 898. The second-order valence-electron chi connectivity index (χ2n) is 6.17. The maximum Gasteiger partial charge on any atom is 0.287 e. The number of piperidine rings is 1. The summed E-state index contributed by atoms with van der Waals surface area (Å²) in [5.41, 5.74) is 0. The molecular formula is C17H18Cl2N2O4S. The van der Waals surface area contributed by atoms with E-state index in [4.69, 9.17) is 27.6 Å². The van der Waals surface area contributed by atoms with Crippen LogP contribution < -0.4 is 5.32 Å². The van der Waals surface area contributed by atoms with Crippen LogP contribution in [-0.2, 0) is 10.0 Å². The molecule has 1 amide bonds. The molecule has 1 aliphatic heterocycles. The zero-order valence-electron chi connectivity index (χ0n) is 14.0. The van der Waals surface area contributed by atoms with E-state index < -0.39 is 10.0 Å². The summed E-state index contributed by atoms with van der Waals surface area (Å²) in [4.78, 5) is 12.2. The second kappa shape index (κ2) is 7.60. The molecule has 26 heavy (non-hydrogen) atoms. The summed E-state index contributed by atoms with van der Waals surface area (Å²) in [5, 5.41) is 3.42. The van der Waals surface area contributed by atoms with Crippen LogP contribution >= 0.6 is 23.2 Å². The molecule has 140 valence electrons. The van der Waals surface area contributed by atoms with Crippen molar-refractivity contribution in [2.24, 2.45) is 0 Å². The van der Waals surface area contributed by atoms with Gasteiger partial charge in [-0.3, -0.25) is 4.79 Å². The van der Waals surface area contributed by atoms with Crippen LogP contribution in [0.15, 0.2) is 39.6 Å². The fraction of sp³-hybridized carbons (Fsp3) is 0.353. The molecule has 9 heteroatoms. The monoisotopic (exact) mass is 416 g/mol. The Hall–Kier alpha value is -1.54. The molecule has 1 N–H and O–H groups in total. The van der Waals surface area contributed by atoms with Gasteiger partial charge in [0, 0.05) is 29.2 Å². The van der Waals surface area contributed by atoms with E-state index in [1.54, 1.807) is 19.1 Å². The second-order valence-corrected chi connectivity index (χ2v) is 8.98. The number of hydrogen-bond donors (Lipinski definition) is 1. The third-order valence-electron chi connectivity index (χ3n) is 4.23. The lowest BCUT2D eigenvalue weighted by atomic mass is 10.1. The van der Waals surface area contributed by atoms with Gasteiger partial charge in [0.1, 0.15) is 5.76 Å². The van der Waals surface area contributed by atoms with Crippen LogP contribution in [0.1, 0.15) is 29.2 Å². The molecule has 1 aliphatic rings. The van der Waals surface area contributed by atoms with Gasteiger partial charge in [-0.15, -0.1) is 0 Å². The van der Waals surface area contributed by atoms with E-state index in [0.29, 0.717) is 31.7 Å². The van der Waals surface area contributed by atoms with Crippen LogP contribution in [-0.4, -0.2) is 37.8 Å². The van der Waals surface area contributed by atoms with Crippen molar-refractivity contribution < 1.29 is 17.6 Å². The molecular weight excluding hydrogens is 399 g/mol. The number of furan rings is 1. The highest BCUT2D eigenvalue weighted by Gasteiger charge is 2.30. The van der Waals surface area contributed by atoms with Crippen molar-refractivity contribution in [3.05, 3.63) is 51.9 Å². The molecule has 0 bridgehead atoms. The Balaban J connectivity index is 1.63. The zero-order chi connectivity index (χ0) is 18.9. The number of nitrogens with one attached hydrogen (secondary N) is 1. The Kier molecular flexibility index (Phi) is 5.62. The number of amides is 1. The van der Waals surface area contributed by atoms with Crippen molar-refractivity contribution in [1.82, 2.24) is 9.62 Å². The van der Waals surface area contributed by atoms with Crippen LogP contribution in [0.25, 0.3) is 0 Å². The standard InChI is InChI=1S/C17H18Cl2N2O4S/c1-11-2-3-16(25-11)17(22)20-14-4-6-21(7-5-14)26(23,24)15-9-12(18)8-13(19)10-15/h2-3,8-10,14H,4-7H2,1H3,(H,20,22). The fourth-order valence-corrected chi connectivity index (χ4v) is 5.08. The lowest BCUT2D eigenvalue weighted by molar-refractivity contribution is 0.0894. The summed E-state index contributed by atoms with van der Waals surface area (Å²) in [5.74, 6) is 0.628. The van der Waals surface area contributed by atoms with Crippen LogP contribution in [0, 0.1) is 6.92 Å². The van der Waals surface area contributed by atoms with Gasteiger partial charge in [0.2, 0.25) is 10.0 Å². The molecule has 0 spiro atoms. The normalized spacial score (nSPS) is 16.6. The summed E-state index contributed by atoms with van der Waals surface area (Å²) < 4.78 is 32.2. The Morgan fingerprint density at radius 2 is 1.77 bits per heavy atom. The number of rotatable bonds is 4. The number of benzene rings is 1. The Morgan fingerprint density at radius 3 is 2.31 bits per heavy atom. The van der Waals surface area contributed by atoms with Crippen molar-refractivity contribution in [3.8, 4) is 0 Å². The van der Waals surface area contributed by atoms with E-state index in [9.17, 15) is 13.2 Å². The summed E-state index contributed by atoms with van der Waals surface area (Å²) in [7, 11) is -3.67. The summed E-state index contributed by atoms with van der Waals surface area (Å²) >= 11 is 11.8. The summed E-state index contributed by atoms with van der Waals surface area (Å²) in [6.45, 7) is 2.37. The van der Waals surface area contributed by atoms with Gasteiger partial charge in [-0.1, -0.05) is 23.2 Å². The number of halogens is 2. The van der Waals surface area contributed by atoms with Gasteiger partial charge in [-0.2, -0.15) is 4.31 Å².